The monoisotopic (exact) mass is 282 g/mol. The van der Waals surface area contributed by atoms with Crippen molar-refractivity contribution < 1.29 is 14.0 Å². The summed E-state index contributed by atoms with van der Waals surface area (Å²) in [5.74, 6) is -0.340. The van der Waals surface area contributed by atoms with Gasteiger partial charge in [0.2, 0.25) is 5.88 Å². The van der Waals surface area contributed by atoms with Gasteiger partial charge in [-0.1, -0.05) is 17.7 Å². The second-order valence-corrected chi connectivity index (χ2v) is 4.73. The molecule has 106 valence electrons. The molecule has 0 saturated heterocycles. The number of nitriles is 1. The predicted molar refractivity (Wildman–Crippen MR) is 77.3 cm³/mol. The van der Waals surface area contributed by atoms with Crippen molar-refractivity contribution in [2.75, 3.05) is 5.32 Å². The van der Waals surface area contributed by atoms with Crippen LogP contribution >= 0.6 is 0 Å². The number of carbonyl (C=O) groups is 2. The summed E-state index contributed by atoms with van der Waals surface area (Å²) < 4.78 is 5.35. The van der Waals surface area contributed by atoms with Crippen molar-refractivity contribution in [3.05, 3.63) is 52.3 Å². The number of ketones is 1. The molecular weight excluding hydrogens is 268 g/mol. The average molecular weight is 282 g/mol. The number of benzene rings is 1. The van der Waals surface area contributed by atoms with E-state index in [0.29, 0.717) is 11.3 Å². The maximum atomic E-state index is 12.2. The van der Waals surface area contributed by atoms with E-state index in [0.717, 1.165) is 5.56 Å². The Kier molecular flexibility index (Phi) is 3.90. The predicted octanol–water partition coefficient (Wildman–Crippen LogP) is 3.22. The Hall–Kier alpha value is -2.87. The molecule has 0 aliphatic heterocycles. The van der Waals surface area contributed by atoms with Crippen LogP contribution in [-0.4, -0.2) is 11.7 Å². The Labute approximate surface area is 122 Å². The highest BCUT2D eigenvalue weighted by Crippen LogP contribution is 2.27. The number of aryl methyl sites for hydroxylation is 2. The van der Waals surface area contributed by atoms with Crippen molar-refractivity contribution in [2.45, 2.75) is 20.8 Å². The molecule has 1 aromatic carbocycles. The molecule has 21 heavy (non-hydrogen) atoms. The van der Waals surface area contributed by atoms with Gasteiger partial charge in [0, 0.05) is 5.56 Å². The van der Waals surface area contributed by atoms with Crippen LogP contribution < -0.4 is 5.32 Å². The highest BCUT2D eigenvalue weighted by molar-refractivity contribution is 6.06. The van der Waals surface area contributed by atoms with Crippen molar-refractivity contribution in [1.29, 1.82) is 5.26 Å². The van der Waals surface area contributed by atoms with Gasteiger partial charge in [-0.25, -0.2) is 0 Å². The van der Waals surface area contributed by atoms with Gasteiger partial charge in [0.05, 0.1) is 5.56 Å². The number of nitrogens with one attached hydrogen (secondary N) is 1. The summed E-state index contributed by atoms with van der Waals surface area (Å²) in [4.78, 5) is 23.7. The largest absolute Gasteiger partial charge is 0.443 e. The molecule has 0 aliphatic rings. The number of rotatable bonds is 3. The Morgan fingerprint density at radius 2 is 2.00 bits per heavy atom. The lowest BCUT2D eigenvalue weighted by atomic mass is 10.1. The van der Waals surface area contributed by atoms with Crippen LogP contribution in [-0.2, 0) is 0 Å². The second-order valence-electron chi connectivity index (χ2n) is 4.73. The molecule has 2 aromatic rings. The molecule has 5 nitrogen and oxygen atoms in total. The molecule has 2 rings (SSSR count). The fraction of sp³-hybridized carbons (Fsp3) is 0.188. The molecule has 0 atom stereocenters. The first kappa shape index (κ1) is 14.5. The zero-order chi connectivity index (χ0) is 15.6. The number of hydrogen-bond acceptors (Lipinski definition) is 4. The standard InChI is InChI=1S/C16H14N2O3/c1-9-5-4-6-12(7-9)15(20)18-16-13(8-17)14(10(2)19)11(3)21-16/h4-7H,1-3H3,(H,18,20). The van der Waals surface area contributed by atoms with E-state index in [1.807, 2.05) is 19.1 Å². The topological polar surface area (TPSA) is 83.1 Å². The summed E-state index contributed by atoms with van der Waals surface area (Å²) in [6, 6.07) is 8.94. The Morgan fingerprint density at radius 3 is 2.57 bits per heavy atom. The van der Waals surface area contributed by atoms with Gasteiger partial charge in [-0.05, 0) is 32.9 Å². The first-order valence-electron chi connectivity index (χ1n) is 6.36. The maximum Gasteiger partial charge on any atom is 0.258 e. The van der Waals surface area contributed by atoms with Crippen LogP contribution in [0.1, 0.15) is 44.5 Å². The smallest absolute Gasteiger partial charge is 0.258 e. The van der Waals surface area contributed by atoms with Gasteiger partial charge >= 0.3 is 0 Å². The molecule has 0 saturated carbocycles. The number of carbonyl (C=O) groups excluding carboxylic acids is 2. The van der Waals surface area contributed by atoms with Gasteiger partial charge in [0.15, 0.2) is 5.78 Å². The minimum atomic E-state index is -0.390. The van der Waals surface area contributed by atoms with Gasteiger partial charge in [0.25, 0.3) is 5.91 Å². The van der Waals surface area contributed by atoms with E-state index in [1.165, 1.54) is 6.92 Å². The lowest BCUT2D eigenvalue weighted by Gasteiger charge is -2.03. The quantitative estimate of drug-likeness (QED) is 0.876. The van der Waals surface area contributed by atoms with Gasteiger partial charge in [0.1, 0.15) is 17.4 Å². The summed E-state index contributed by atoms with van der Waals surface area (Å²) in [6.45, 7) is 4.81. The third kappa shape index (κ3) is 2.84. The molecule has 0 radical (unpaired) electrons. The van der Waals surface area contributed by atoms with Gasteiger partial charge in [-0.2, -0.15) is 5.26 Å². The summed E-state index contributed by atoms with van der Waals surface area (Å²) in [5, 5.41) is 11.7. The molecule has 1 amide bonds. The van der Waals surface area contributed by atoms with Crippen LogP contribution in [0.3, 0.4) is 0 Å². The zero-order valence-electron chi connectivity index (χ0n) is 12.0. The average Bonchev–Trinajstić information content (AvgIpc) is 2.74. The van der Waals surface area contributed by atoms with Crippen LogP contribution in [0.25, 0.3) is 0 Å². The lowest BCUT2D eigenvalue weighted by Crippen LogP contribution is -2.12. The Bertz CT molecular complexity index is 766. The van der Waals surface area contributed by atoms with Crippen molar-refractivity contribution in [1.82, 2.24) is 0 Å². The van der Waals surface area contributed by atoms with Crippen molar-refractivity contribution in [3.63, 3.8) is 0 Å². The van der Waals surface area contributed by atoms with Gasteiger partial charge in [-0.15, -0.1) is 0 Å². The van der Waals surface area contributed by atoms with E-state index in [1.54, 1.807) is 25.1 Å². The Balaban J connectivity index is 2.37. The van der Waals surface area contributed by atoms with E-state index < -0.39 is 0 Å². The highest BCUT2D eigenvalue weighted by atomic mass is 16.4. The minimum absolute atomic E-state index is 0.00621. The van der Waals surface area contributed by atoms with Crippen molar-refractivity contribution in [2.24, 2.45) is 0 Å². The van der Waals surface area contributed by atoms with Crippen LogP contribution in [0.15, 0.2) is 28.7 Å². The third-order valence-corrected chi connectivity index (χ3v) is 3.06. The highest BCUT2D eigenvalue weighted by Gasteiger charge is 2.22. The molecule has 0 unspecified atom stereocenters. The summed E-state index contributed by atoms with van der Waals surface area (Å²) in [5.41, 5.74) is 1.67. The maximum absolute atomic E-state index is 12.2. The number of Topliss-reactive ketones (excluding diaryl/α,β-unsaturated/α-hetero) is 1. The Morgan fingerprint density at radius 1 is 1.29 bits per heavy atom. The van der Waals surface area contributed by atoms with E-state index in [4.69, 9.17) is 4.42 Å². The molecule has 0 aliphatic carbocycles. The zero-order valence-corrected chi connectivity index (χ0v) is 12.0. The number of hydrogen-bond donors (Lipinski definition) is 1. The van der Waals surface area contributed by atoms with Gasteiger partial charge < -0.3 is 4.42 Å². The molecule has 1 N–H and O–H groups in total. The molecule has 5 heteroatoms. The molecule has 1 heterocycles. The summed E-state index contributed by atoms with van der Waals surface area (Å²) in [6.07, 6.45) is 0. The third-order valence-electron chi connectivity index (χ3n) is 3.06. The van der Waals surface area contributed by atoms with Crippen molar-refractivity contribution >= 4 is 17.6 Å². The fourth-order valence-corrected chi connectivity index (χ4v) is 2.12. The van der Waals surface area contributed by atoms with Crippen LogP contribution in [0.2, 0.25) is 0 Å². The number of amides is 1. The first-order valence-corrected chi connectivity index (χ1v) is 6.36. The van der Waals surface area contributed by atoms with Crippen LogP contribution in [0.5, 0.6) is 0 Å². The van der Waals surface area contributed by atoms with E-state index in [2.05, 4.69) is 5.32 Å². The lowest BCUT2D eigenvalue weighted by molar-refractivity contribution is 0.101. The van der Waals surface area contributed by atoms with E-state index in [-0.39, 0.29) is 28.7 Å². The molecule has 0 spiro atoms. The van der Waals surface area contributed by atoms with Gasteiger partial charge in [-0.3, -0.25) is 14.9 Å². The van der Waals surface area contributed by atoms with E-state index >= 15 is 0 Å². The van der Waals surface area contributed by atoms with Crippen molar-refractivity contribution in [3.8, 4) is 6.07 Å². The SMILES string of the molecule is CC(=O)c1c(C)oc(NC(=O)c2cccc(C)c2)c1C#N. The second kappa shape index (κ2) is 5.63. The molecule has 0 fully saturated rings. The number of nitrogens with zero attached hydrogens (tertiary/aromatic N) is 1. The molecule has 1 aromatic heterocycles. The summed E-state index contributed by atoms with van der Waals surface area (Å²) >= 11 is 0. The fourth-order valence-electron chi connectivity index (χ4n) is 2.12. The van der Waals surface area contributed by atoms with E-state index in [9.17, 15) is 14.9 Å². The number of anilines is 1. The molecular formula is C16H14N2O3. The molecule has 0 bridgehead atoms. The number of furan rings is 1. The normalized spacial score (nSPS) is 10.0. The first-order chi connectivity index (χ1) is 9.93. The minimum Gasteiger partial charge on any atom is -0.443 e. The van der Waals surface area contributed by atoms with Crippen LogP contribution in [0, 0.1) is 25.2 Å². The van der Waals surface area contributed by atoms with Crippen LogP contribution in [0.4, 0.5) is 5.88 Å². The summed E-state index contributed by atoms with van der Waals surface area (Å²) in [7, 11) is 0.